The van der Waals surface area contributed by atoms with Crippen LogP contribution in [0.25, 0.3) is 0 Å². The van der Waals surface area contributed by atoms with Crippen molar-refractivity contribution in [3.05, 3.63) is 29.8 Å². The molecule has 4 heteroatoms. The van der Waals surface area contributed by atoms with E-state index in [-0.39, 0.29) is 12.0 Å². The van der Waals surface area contributed by atoms with Crippen LogP contribution < -0.4 is 4.74 Å². The number of rotatable bonds is 4. The summed E-state index contributed by atoms with van der Waals surface area (Å²) in [5, 5.41) is 9.22. The number of carbonyl (C=O) groups excluding carboxylic acids is 1. The second-order valence-corrected chi connectivity index (χ2v) is 4.68. The Morgan fingerprint density at radius 1 is 1.50 bits per heavy atom. The van der Waals surface area contributed by atoms with Gasteiger partial charge in [-0.15, -0.1) is 0 Å². The van der Waals surface area contributed by atoms with Crippen molar-refractivity contribution >= 4 is 5.91 Å². The van der Waals surface area contributed by atoms with Crippen LogP contribution in [0.1, 0.15) is 18.9 Å². The molecule has 1 unspecified atom stereocenters. The first-order valence-electron chi connectivity index (χ1n) is 6.31. The Bertz CT molecular complexity index is 427. The van der Waals surface area contributed by atoms with Crippen LogP contribution in [0.3, 0.4) is 0 Å². The van der Waals surface area contributed by atoms with Gasteiger partial charge in [0.2, 0.25) is 0 Å². The van der Waals surface area contributed by atoms with E-state index < -0.39 is 6.10 Å². The van der Waals surface area contributed by atoms with Crippen LogP contribution >= 0.6 is 0 Å². The highest BCUT2D eigenvalue weighted by molar-refractivity contribution is 5.82. The molecule has 0 aliphatic carbocycles. The van der Waals surface area contributed by atoms with Crippen LogP contribution in [0, 0.1) is 6.92 Å². The fourth-order valence-electron chi connectivity index (χ4n) is 1.99. The molecule has 4 nitrogen and oxygen atoms in total. The first-order valence-corrected chi connectivity index (χ1v) is 6.31. The topological polar surface area (TPSA) is 49.8 Å². The standard InChI is InChI=1S/C14H19NO3/c1-3-12(14(17)15-8-11(16)9-15)18-13-7-5-4-6-10(13)2/h4-7,11-12,16H,3,8-9H2,1-2H3. The van der Waals surface area contributed by atoms with Crippen molar-refractivity contribution in [1.29, 1.82) is 0 Å². The number of carbonyl (C=O) groups is 1. The van der Waals surface area contributed by atoms with E-state index in [4.69, 9.17) is 4.74 Å². The summed E-state index contributed by atoms with van der Waals surface area (Å²) in [7, 11) is 0. The van der Waals surface area contributed by atoms with E-state index in [0.29, 0.717) is 19.5 Å². The number of hydrogen-bond donors (Lipinski definition) is 1. The molecule has 1 aliphatic heterocycles. The van der Waals surface area contributed by atoms with E-state index in [1.54, 1.807) is 4.90 Å². The van der Waals surface area contributed by atoms with Gasteiger partial charge in [0.05, 0.1) is 6.10 Å². The largest absolute Gasteiger partial charge is 0.480 e. The lowest BCUT2D eigenvalue weighted by Gasteiger charge is -2.37. The van der Waals surface area contributed by atoms with Gasteiger partial charge >= 0.3 is 0 Å². The van der Waals surface area contributed by atoms with Crippen molar-refractivity contribution in [2.24, 2.45) is 0 Å². The Labute approximate surface area is 107 Å². The molecule has 0 saturated carbocycles. The molecule has 1 aromatic carbocycles. The summed E-state index contributed by atoms with van der Waals surface area (Å²) < 4.78 is 5.78. The molecule has 1 aromatic rings. The Morgan fingerprint density at radius 3 is 2.72 bits per heavy atom. The highest BCUT2D eigenvalue weighted by atomic mass is 16.5. The zero-order valence-electron chi connectivity index (χ0n) is 10.8. The predicted molar refractivity (Wildman–Crippen MR) is 68.5 cm³/mol. The maximum atomic E-state index is 12.1. The summed E-state index contributed by atoms with van der Waals surface area (Å²) in [5.41, 5.74) is 1.02. The lowest BCUT2D eigenvalue weighted by Crippen LogP contribution is -2.57. The Morgan fingerprint density at radius 2 is 2.17 bits per heavy atom. The zero-order chi connectivity index (χ0) is 13.1. The van der Waals surface area contributed by atoms with Crippen LogP contribution in [0.4, 0.5) is 0 Å². The van der Waals surface area contributed by atoms with Gasteiger partial charge in [-0.3, -0.25) is 4.79 Å². The molecule has 1 N–H and O–H groups in total. The average Bonchev–Trinajstić information content (AvgIpc) is 2.33. The number of aliphatic hydroxyl groups is 1. The normalized spacial score (nSPS) is 17.2. The van der Waals surface area contributed by atoms with Gasteiger partial charge in [-0.1, -0.05) is 25.1 Å². The van der Waals surface area contributed by atoms with E-state index in [9.17, 15) is 9.90 Å². The van der Waals surface area contributed by atoms with Gasteiger partial charge in [-0.2, -0.15) is 0 Å². The molecule has 98 valence electrons. The number of aliphatic hydroxyl groups excluding tert-OH is 1. The summed E-state index contributed by atoms with van der Waals surface area (Å²) in [5.74, 6) is 0.713. The lowest BCUT2D eigenvalue weighted by molar-refractivity contribution is -0.149. The number of benzene rings is 1. The molecule has 1 amide bonds. The van der Waals surface area contributed by atoms with Gasteiger partial charge in [0.25, 0.3) is 5.91 Å². The Hall–Kier alpha value is -1.55. The first-order chi connectivity index (χ1) is 8.61. The number of likely N-dealkylation sites (tertiary alicyclic amines) is 1. The minimum Gasteiger partial charge on any atom is -0.480 e. The number of amides is 1. The summed E-state index contributed by atoms with van der Waals surface area (Å²) in [4.78, 5) is 13.7. The quantitative estimate of drug-likeness (QED) is 0.876. The fraction of sp³-hybridized carbons (Fsp3) is 0.500. The van der Waals surface area contributed by atoms with E-state index in [1.165, 1.54) is 0 Å². The fourth-order valence-corrected chi connectivity index (χ4v) is 1.99. The van der Waals surface area contributed by atoms with Gasteiger partial charge in [-0.05, 0) is 25.0 Å². The van der Waals surface area contributed by atoms with Crippen LogP contribution in [0.15, 0.2) is 24.3 Å². The van der Waals surface area contributed by atoms with Gasteiger partial charge in [-0.25, -0.2) is 0 Å². The smallest absolute Gasteiger partial charge is 0.263 e. The summed E-state index contributed by atoms with van der Waals surface area (Å²) >= 11 is 0. The molecule has 1 fully saturated rings. The van der Waals surface area contributed by atoms with E-state index in [1.807, 2.05) is 38.1 Å². The maximum Gasteiger partial charge on any atom is 0.263 e. The van der Waals surface area contributed by atoms with Crippen molar-refractivity contribution in [2.45, 2.75) is 32.5 Å². The summed E-state index contributed by atoms with van der Waals surface area (Å²) in [6.07, 6.45) is -0.205. The number of nitrogens with zero attached hydrogens (tertiary/aromatic N) is 1. The van der Waals surface area contributed by atoms with Gasteiger partial charge in [0, 0.05) is 13.1 Å². The van der Waals surface area contributed by atoms with Crippen LogP contribution in [0.2, 0.25) is 0 Å². The molecule has 0 bridgehead atoms. The molecular weight excluding hydrogens is 230 g/mol. The van der Waals surface area contributed by atoms with E-state index >= 15 is 0 Å². The molecule has 0 radical (unpaired) electrons. The van der Waals surface area contributed by atoms with Gasteiger partial charge < -0.3 is 14.7 Å². The molecule has 18 heavy (non-hydrogen) atoms. The maximum absolute atomic E-state index is 12.1. The Balaban J connectivity index is 2.01. The van der Waals surface area contributed by atoms with Crippen LogP contribution in [0.5, 0.6) is 5.75 Å². The van der Waals surface area contributed by atoms with Crippen molar-refractivity contribution in [3.8, 4) is 5.75 Å². The third-order valence-electron chi connectivity index (χ3n) is 3.18. The van der Waals surface area contributed by atoms with Gasteiger partial charge in [0.15, 0.2) is 6.10 Å². The van der Waals surface area contributed by atoms with Crippen molar-refractivity contribution in [2.75, 3.05) is 13.1 Å². The lowest BCUT2D eigenvalue weighted by atomic mass is 10.1. The summed E-state index contributed by atoms with van der Waals surface area (Å²) in [6.45, 7) is 4.73. The van der Waals surface area contributed by atoms with Gasteiger partial charge in [0.1, 0.15) is 5.75 Å². The molecular formula is C14H19NO3. The van der Waals surface area contributed by atoms with Crippen molar-refractivity contribution in [1.82, 2.24) is 4.90 Å². The molecule has 1 heterocycles. The Kier molecular flexibility index (Phi) is 3.87. The van der Waals surface area contributed by atoms with Crippen LogP contribution in [-0.2, 0) is 4.79 Å². The SMILES string of the molecule is CCC(Oc1ccccc1C)C(=O)N1CC(O)C1. The number of para-hydroxylation sites is 1. The molecule has 0 aromatic heterocycles. The highest BCUT2D eigenvalue weighted by Crippen LogP contribution is 2.20. The molecule has 1 saturated heterocycles. The number of hydrogen-bond acceptors (Lipinski definition) is 3. The second kappa shape index (κ2) is 5.40. The van der Waals surface area contributed by atoms with Crippen LogP contribution in [-0.4, -0.2) is 41.2 Å². The number of ether oxygens (including phenoxy) is 1. The third kappa shape index (κ3) is 2.64. The monoisotopic (exact) mass is 249 g/mol. The number of β-amino-alcohol motifs (C(OH)–C–C–N with tert-alkyl or cyclic N) is 1. The molecule has 1 aliphatic rings. The molecule has 2 rings (SSSR count). The highest BCUT2D eigenvalue weighted by Gasteiger charge is 2.33. The van der Waals surface area contributed by atoms with Crippen molar-refractivity contribution in [3.63, 3.8) is 0 Å². The summed E-state index contributed by atoms with van der Waals surface area (Å²) in [6, 6.07) is 7.67. The third-order valence-corrected chi connectivity index (χ3v) is 3.18. The molecule has 1 atom stereocenters. The molecule has 0 spiro atoms. The minimum atomic E-state index is -0.460. The van der Waals surface area contributed by atoms with E-state index in [0.717, 1.165) is 11.3 Å². The van der Waals surface area contributed by atoms with Crippen molar-refractivity contribution < 1.29 is 14.6 Å². The zero-order valence-corrected chi connectivity index (χ0v) is 10.8. The first kappa shape index (κ1) is 12.9. The second-order valence-electron chi connectivity index (χ2n) is 4.68. The minimum absolute atomic E-state index is 0.0361. The van der Waals surface area contributed by atoms with E-state index in [2.05, 4.69) is 0 Å². The number of aryl methyl sites for hydroxylation is 1. The predicted octanol–water partition coefficient (Wildman–Crippen LogP) is 1.36. The average molecular weight is 249 g/mol.